The van der Waals surface area contributed by atoms with Crippen molar-refractivity contribution >= 4 is 0 Å². The van der Waals surface area contributed by atoms with Crippen LogP contribution in [-0.2, 0) is 6.42 Å². The maximum absolute atomic E-state index is 10.5. The van der Waals surface area contributed by atoms with Gasteiger partial charge in [-0.25, -0.2) is 0 Å². The fourth-order valence-corrected chi connectivity index (χ4v) is 2.80. The fraction of sp³-hybridized carbons (Fsp3) is 0.684. The number of aliphatic hydroxyl groups excluding tert-OH is 1. The van der Waals surface area contributed by atoms with Crippen LogP contribution in [0.25, 0.3) is 0 Å². The Kier molecular flexibility index (Phi) is 7.98. The van der Waals surface area contributed by atoms with Crippen LogP contribution < -0.4 is 0 Å². The minimum atomic E-state index is -0.391. The Labute approximate surface area is 131 Å². The lowest BCUT2D eigenvalue weighted by atomic mass is 10.0. The van der Waals surface area contributed by atoms with Crippen molar-refractivity contribution in [1.29, 1.82) is 0 Å². The summed E-state index contributed by atoms with van der Waals surface area (Å²) in [5.41, 5.74) is 2.39. The summed E-state index contributed by atoms with van der Waals surface area (Å²) >= 11 is 0. The van der Waals surface area contributed by atoms with E-state index in [4.69, 9.17) is 0 Å². The van der Waals surface area contributed by atoms with E-state index in [-0.39, 0.29) is 0 Å². The molecule has 0 aliphatic rings. The van der Waals surface area contributed by atoms with Crippen molar-refractivity contribution in [3.8, 4) is 0 Å². The number of hydrogen-bond donors (Lipinski definition) is 1. The van der Waals surface area contributed by atoms with Crippen LogP contribution in [0.15, 0.2) is 24.3 Å². The predicted molar refractivity (Wildman–Crippen MR) is 91.5 cm³/mol. The van der Waals surface area contributed by atoms with Crippen LogP contribution in [0.5, 0.6) is 0 Å². The van der Waals surface area contributed by atoms with Crippen LogP contribution in [0.3, 0.4) is 0 Å². The van der Waals surface area contributed by atoms with Crippen molar-refractivity contribution in [3.05, 3.63) is 35.4 Å². The van der Waals surface area contributed by atoms with Gasteiger partial charge in [-0.3, -0.25) is 4.90 Å². The SMILES string of the molecule is CCCc1ccc(C(O)CN(CC(C)C)CC(C)C)cc1. The minimum absolute atomic E-state index is 0.391. The minimum Gasteiger partial charge on any atom is -0.387 e. The Balaban J connectivity index is 2.64. The third kappa shape index (κ3) is 7.10. The van der Waals surface area contributed by atoms with Crippen molar-refractivity contribution in [2.45, 2.75) is 53.6 Å². The molecule has 0 aliphatic carbocycles. The van der Waals surface area contributed by atoms with Crippen LogP contribution in [0.2, 0.25) is 0 Å². The quantitative estimate of drug-likeness (QED) is 0.734. The van der Waals surface area contributed by atoms with E-state index in [1.54, 1.807) is 0 Å². The first-order valence-electron chi connectivity index (χ1n) is 8.41. The Bertz CT molecular complexity index is 373. The molecule has 0 aliphatic heterocycles. The lowest BCUT2D eigenvalue weighted by Crippen LogP contribution is -2.35. The van der Waals surface area contributed by atoms with Crippen molar-refractivity contribution in [2.24, 2.45) is 11.8 Å². The highest BCUT2D eigenvalue weighted by Crippen LogP contribution is 2.17. The van der Waals surface area contributed by atoms with Crippen LogP contribution in [0.1, 0.15) is 58.3 Å². The van der Waals surface area contributed by atoms with Crippen molar-refractivity contribution in [2.75, 3.05) is 19.6 Å². The van der Waals surface area contributed by atoms with Gasteiger partial charge in [-0.1, -0.05) is 65.3 Å². The molecule has 0 radical (unpaired) electrons. The van der Waals surface area contributed by atoms with Gasteiger partial charge in [0.1, 0.15) is 0 Å². The first kappa shape index (κ1) is 18.2. The molecule has 1 unspecified atom stereocenters. The van der Waals surface area contributed by atoms with E-state index in [2.05, 4.69) is 63.8 Å². The molecule has 120 valence electrons. The predicted octanol–water partition coefficient (Wildman–Crippen LogP) is 4.29. The van der Waals surface area contributed by atoms with Crippen molar-refractivity contribution in [3.63, 3.8) is 0 Å². The fourth-order valence-electron chi connectivity index (χ4n) is 2.80. The lowest BCUT2D eigenvalue weighted by Gasteiger charge is -2.28. The second-order valence-electron chi connectivity index (χ2n) is 7.01. The summed E-state index contributed by atoms with van der Waals surface area (Å²) in [6, 6.07) is 8.46. The van der Waals surface area contributed by atoms with Gasteiger partial charge >= 0.3 is 0 Å². The van der Waals surface area contributed by atoms with Gasteiger partial charge in [0.15, 0.2) is 0 Å². The summed E-state index contributed by atoms with van der Waals surface area (Å²) in [7, 11) is 0. The highest BCUT2D eigenvalue weighted by atomic mass is 16.3. The summed E-state index contributed by atoms with van der Waals surface area (Å²) < 4.78 is 0. The van der Waals surface area contributed by atoms with E-state index in [9.17, 15) is 5.11 Å². The molecule has 0 saturated carbocycles. The summed E-state index contributed by atoms with van der Waals surface area (Å²) in [5.74, 6) is 1.26. The normalized spacial score (nSPS) is 13.4. The van der Waals surface area contributed by atoms with E-state index in [0.29, 0.717) is 11.8 Å². The highest BCUT2D eigenvalue weighted by Gasteiger charge is 2.15. The van der Waals surface area contributed by atoms with E-state index in [1.165, 1.54) is 12.0 Å². The molecule has 1 aromatic rings. The molecule has 1 aromatic carbocycles. The molecule has 0 bridgehead atoms. The van der Waals surface area contributed by atoms with Gasteiger partial charge in [0.25, 0.3) is 0 Å². The third-order valence-corrected chi connectivity index (χ3v) is 3.58. The molecular formula is C19H33NO. The van der Waals surface area contributed by atoms with Crippen LogP contribution >= 0.6 is 0 Å². The van der Waals surface area contributed by atoms with Gasteiger partial charge < -0.3 is 5.11 Å². The smallest absolute Gasteiger partial charge is 0.0916 e. The number of aryl methyl sites for hydroxylation is 1. The van der Waals surface area contributed by atoms with Crippen LogP contribution in [0, 0.1) is 11.8 Å². The molecule has 1 N–H and O–H groups in total. The van der Waals surface area contributed by atoms with E-state index in [1.807, 2.05) is 0 Å². The Hall–Kier alpha value is -0.860. The van der Waals surface area contributed by atoms with Crippen molar-refractivity contribution in [1.82, 2.24) is 4.90 Å². The summed E-state index contributed by atoms with van der Waals surface area (Å²) in [4.78, 5) is 2.39. The average Bonchev–Trinajstić information content (AvgIpc) is 2.38. The number of aliphatic hydroxyl groups is 1. The Morgan fingerprint density at radius 3 is 1.86 bits per heavy atom. The molecular weight excluding hydrogens is 258 g/mol. The monoisotopic (exact) mass is 291 g/mol. The highest BCUT2D eigenvalue weighted by molar-refractivity contribution is 5.24. The van der Waals surface area contributed by atoms with Gasteiger partial charge in [0.05, 0.1) is 6.10 Å². The number of rotatable bonds is 9. The first-order chi connectivity index (χ1) is 9.92. The summed E-state index contributed by atoms with van der Waals surface area (Å²) in [6.07, 6.45) is 1.89. The van der Waals surface area contributed by atoms with Crippen LogP contribution in [0.4, 0.5) is 0 Å². The molecule has 0 saturated heterocycles. The zero-order chi connectivity index (χ0) is 15.8. The summed E-state index contributed by atoms with van der Waals surface area (Å²) in [5, 5.41) is 10.5. The number of hydrogen-bond acceptors (Lipinski definition) is 2. The number of nitrogens with zero attached hydrogens (tertiary/aromatic N) is 1. The van der Waals surface area contributed by atoms with Gasteiger partial charge in [0.2, 0.25) is 0 Å². The van der Waals surface area contributed by atoms with E-state index < -0.39 is 6.10 Å². The summed E-state index contributed by atoms with van der Waals surface area (Å²) in [6.45, 7) is 13.9. The first-order valence-corrected chi connectivity index (χ1v) is 8.41. The zero-order valence-corrected chi connectivity index (χ0v) is 14.5. The maximum Gasteiger partial charge on any atom is 0.0916 e. The Morgan fingerprint density at radius 1 is 0.905 bits per heavy atom. The second kappa shape index (κ2) is 9.22. The largest absolute Gasteiger partial charge is 0.387 e. The van der Waals surface area contributed by atoms with Gasteiger partial charge in [0, 0.05) is 19.6 Å². The van der Waals surface area contributed by atoms with Crippen LogP contribution in [-0.4, -0.2) is 29.6 Å². The molecule has 0 spiro atoms. The standard InChI is InChI=1S/C19H33NO/c1-6-7-17-8-10-18(11-9-17)19(21)14-20(12-15(2)3)13-16(4)5/h8-11,15-16,19,21H,6-7,12-14H2,1-5H3. The molecule has 1 rings (SSSR count). The van der Waals surface area contributed by atoms with Gasteiger partial charge in [-0.2, -0.15) is 0 Å². The van der Waals surface area contributed by atoms with Gasteiger partial charge in [-0.15, -0.1) is 0 Å². The topological polar surface area (TPSA) is 23.5 Å². The van der Waals surface area contributed by atoms with E-state index >= 15 is 0 Å². The third-order valence-electron chi connectivity index (χ3n) is 3.58. The van der Waals surface area contributed by atoms with E-state index in [0.717, 1.165) is 31.6 Å². The number of benzene rings is 1. The Morgan fingerprint density at radius 2 is 1.43 bits per heavy atom. The molecule has 0 amide bonds. The molecule has 0 aromatic heterocycles. The molecule has 2 heteroatoms. The molecule has 0 fully saturated rings. The van der Waals surface area contributed by atoms with Gasteiger partial charge in [-0.05, 0) is 29.4 Å². The second-order valence-corrected chi connectivity index (χ2v) is 7.01. The molecule has 1 atom stereocenters. The zero-order valence-electron chi connectivity index (χ0n) is 14.5. The average molecular weight is 291 g/mol. The molecule has 21 heavy (non-hydrogen) atoms. The molecule has 0 heterocycles. The van der Waals surface area contributed by atoms with Crippen molar-refractivity contribution < 1.29 is 5.11 Å². The maximum atomic E-state index is 10.5. The lowest BCUT2D eigenvalue weighted by molar-refractivity contribution is 0.0987. The molecule has 2 nitrogen and oxygen atoms in total.